The van der Waals surface area contributed by atoms with Gasteiger partial charge in [-0.1, -0.05) is 44.2 Å². The Morgan fingerprint density at radius 1 is 1.14 bits per heavy atom. The van der Waals surface area contributed by atoms with Crippen LogP contribution in [0.1, 0.15) is 45.1 Å². The molecule has 4 rings (SSSR count). The lowest BCUT2D eigenvalue weighted by Crippen LogP contribution is -2.56. The SMILES string of the molecule is COc1ccc(S(=O)(=O)NC(CC(C)(C)CCC#N)[C@H](O)[C@H](Cc2ccccc2)NC(=O)O[C@@H]2CO[C@@H]3OCC[C@@H]32)cc1. The third-order valence-electron chi connectivity index (χ3n) is 8.03. The molecule has 11 nitrogen and oxygen atoms in total. The first-order valence-corrected chi connectivity index (χ1v) is 16.0. The number of hydrogen-bond donors (Lipinski definition) is 3. The number of aliphatic hydroxyl groups excluding tert-OH is 1. The number of nitrogens with zero attached hydrogens (tertiary/aromatic N) is 1. The number of carbonyl (C=O) groups is 1. The number of methoxy groups -OCH3 is 1. The Labute approximate surface area is 253 Å². The zero-order valence-corrected chi connectivity index (χ0v) is 25.6. The number of aliphatic hydroxyl groups is 1. The van der Waals surface area contributed by atoms with Gasteiger partial charge in [0.15, 0.2) is 6.29 Å². The maximum atomic E-state index is 13.5. The molecule has 0 spiro atoms. The van der Waals surface area contributed by atoms with E-state index in [1.165, 1.54) is 19.2 Å². The van der Waals surface area contributed by atoms with Crippen molar-refractivity contribution in [1.82, 2.24) is 10.0 Å². The number of nitrogens with one attached hydrogen (secondary N) is 2. The number of nitriles is 1. The molecule has 6 atom stereocenters. The molecule has 1 amide bonds. The number of amides is 1. The van der Waals surface area contributed by atoms with E-state index >= 15 is 0 Å². The van der Waals surface area contributed by atoms with Crippen LogP contribution in [0.2, 0.25) is 0 Å². The molecule has 2 aliphatic rings. The number of hydrogen-bond acceptors (Lipinski definition) is 9. The van der Waals surface area contributed by atoms with Crippen molar-refractivity contribution in [2.24, 2.45) is 11.3 Å². The summed E-state index contributed by atoms with van der Waals surface area (Å²) in [6.07, 6.45) is -1.09. The van der Waals surface area contributed by atoms with Crippen LogP contribution < -0.4 is 14.8 Å². The van der Waals surface area contributed by atoms with E-state index in [1.807, 2.05) is 44.2 Å². The zero-order valence-electron chi connectivity index (χ0n) is 24.8. The summed E-state index contributed by atoms with van der Waals surface area (Å²) < 4.78 is 51.7. The summed E-state index contributed by atoms with van der Waals surface area (Å²) in [6, 6.07) is 15.4. The van der Waals surface area contributed by atoms with Crippen LogP contribution in [0.4, 0.5) is 4.79 Å². The summed E-state index contributed by atoms with van der Waals surface area (Å²) in [7, 11) is -2.60. The van der Waals surface area contributed by atoms with Gasteiger partial charge < -0.3 is 29.4 Å². The number of fused-ring (bicyclic) bond motifs is 1. The molecule has 0 bridgehead atoms. The third kappa shape index (κ3) is 8.90. The highest BCUT2D eigenvalue weighted by Crippen LogP contribution is 2.33. The van der Waals surface area contributed by atoms with Crippen molar-refractivity contribution in [1.29, 1.82) is 5.26 Å². The Morgan fingerprint density at radius 3 is 2.53 bits per heavy atom. The monoisotopic (exact) mass is 615 g/mol. The van der Waals surface area contributed by atoms with Crippen molar-refractivity contribution < 1.29 is 37.3 Å². The molecule has 2 aromatic carbocycles. The fraction of sp³-hybridized carbons (Fsp3) is 0.548. The molecule has 2 saturated heterocycles. The zero-order chi connectivity index (χ0) is 31.0. The number of alkyl carbamates (subject to hydrolysis) is 1. The van der Waals surface area contributed by atoms with Crippen LogP contribution in [0.3, 0.4) is 0 Å². The van der Waals surface area contributed by atoms with E-state index in [9.17, 15) is 23.6 Å². The standard InChI is InChI=1S/C31H41N3O8S/c1-31(2,15-7-16-32)19-26(34-43(37,38)23-12-10-22(39-3)11-13-23)28(35)25(18-21-8-5-4-6-9-21)33-30(36)42-27-20-41-29-24(27)14-17-40-29/h4-6,8-13,24-29,34-35H,7,14-15,17-20H2,1-3H3,(H,33,36)/t24-,25+,26?,27-,28-,29+/m1/s1. The first-order valence-electron chi connectivity index (χ1n) is 14.5. The molecule has 43 heavy (non-hydrogen) atoms. The highest BCUT2D eigenvalue weighted by Gasteiger charge is 2.44. The lowest BCUT2D eigenvalue weighted by Gasteiger charge is -2.36. The van der Waals surface area contributed by atoms with E-state index < -0.39 is 52.1 Å². The minimum Gasteiger partial charge on any atom is -0.497 e. The molecule has 2 heterocycles. The largest absolute Gasteiger partial charge is 0.497 e. The number of ether oxygens (including phenoxy) is 4. The van der Waals surface area contributed by atoms with Crippen molar-refractivity contribution >= 4 is 16.1 Å². The highest BCUT2D eigenvalue weighted by atomic mass is 32.2. The van der Waals surface area contributed by atoms with Gasteiger partial charge in [-0.25, -0.2) is 17.9 Å². The molecule has 0 radical (unpaired) electrons. The Bertz CT molecular complexity index is 1350. The highest BCUT2D eigenvalue weighted by molar-refractivity contribution is 7.89. The first kappa shape index (κ1) is 32.7. The first-order chi connectivity index (χ1) is 20.5. The molecule has 2 aromatic rings. The second kappa shape index (κ2) is 14.5. The van der Waals surface area contributed by atoms with E-state index in [2.05, 4.69) is 16.1 Å². The smallest absolute Gasteiger partial charge is 0.407 e. The minimum atomic E-state index is -4.09. The van der Waals surface area contributed by atoms with E-state index in [0.717, 1.165) is 5.56 Å². The van der Waals surface area contributed by atoms with Gasteiger partial charge in [-0.3, -0.25) is 0 Å². The Balaban J connectivity index is 1.59. The fourth-order valence-corrected chi connectivity index (χ4v) is 6.87. The summed E-state index contributed by atoms with van der Waals surface area (Å²) in [5.74, 6) is 0.440. The van der Waals surface area contributed by atoms with Crippen molar-refractivity contribution in [2.75, 3.05) is 20.3 Å². The Hall–Kier alpha value is -3.21. The number of sulfonamides is 1. The van der Waals surface area contributed by atoms with E-state index in [1.54, 1.807) is 12.1 Å². The lowest BCUT2D eigenvalue weighted by atomic mass is 9.79. The van der Waals surface area contributed by atoms with Crippen LogP contribution in [-0.4, -0.2) is 70.5 Å². The lowest BCUT2D eigenvalue weighted by molar-refractivity contribution is -0.0907. The number of rotatable bonds is 14. The topological polar surface area (TPSA) is 156 Å². The van der Waals surface area contributed by atoms with E-state index in [0.29, 0.717) is 25.2 Å². The van der Waals surface area contributed by atoms with Crippen molar-refractivity contribution in [3.8, 4) is 11.8 Å². The van der Waals surface area contributed by atoms with Crippen LogP contribution in [0.25, 0.3) is 0 Å². The average molecular weight is 616 g/mol. The van der Waals surface area contributed by atoms with Crippen LogP contribution in [-0.2, 0) is 30.7 Å². The van der Waals surface area contributed by atoms with Crippen LogP contribution >= 0.6 is 0 Å². The fourth-order valence-electron chi connectivity index (χ4n) is 5.62. The van der Waals surface area contributed by atoms with Gasteiger partial charge in [-0.05, 0) is 60.9 Å². The Morgan fingerprint density at radius 2 is 1.86 bits per heavy atom. The molecule has 12 heteroatoms. The second-order valence-corrected chi connectivity index (χ2v) is 13.5. The van der Waals surface area contributed by atoms with Gasteiger partial charge in [0.1, 0.15) is 11.9 Å². The molecule has 1 unspecified atom stereocenters. The quantitative estimate of drug-likeness (QED) is 0.289. The van der Waals surface area contributed by atoms with Crippen molar-refractivity contribution in [3.05, 3.63) is 60.2 Å². The average Bonchev–Trinajstić information content (AvgIpc) is 3.60. The van der Waals surface area contributed by atoms with Gasteiger partial charge in [-0.2, -0.15) is 5.26 Å². The molecule has 234 valence electrons. The maximum absolute atomic E-state index is 13.5. The summed E-state index contributed by atoms with van der Waals surface area (Å²) in [4.78, 5) is 13.2. The van der Waals surface area contributed by atoms with Gasteiger partial charge >= 0.3 is 6.09 Å². The molecule has 0 saturated carbocycles. The van der Waals surface area contributed by atoms with E-state index in [-0.39, 0.29) is 36.7 Å². The Kier molecular flexibility index (Phi) is 11.0. The molecule has 2 aliphatic heterocycles. The van der Waals surface area contributed by atoms with Crippen LogP contribution in [0.5, 0.6) is 5.75 Å². The predicted octanol–water partition coefficient (Wildman–Crippen LogP) is 3.52. The molecule has 0 aromatic heterocycles. The van der Waals surface area contributed by atoms with Crippen molar-refractivity contribution in [2.45, 2.75) is 81.4 Å². The van der Waals surface area contributed by atoms with Crippen molar-refractivity contribution in [3.63, 3.8) is 0 Å². The molecule has 0 aliphatic carbocycles. The molecule has 3 N–H and O–H groups in total. The normalized spacial score (nSPS) is 22.2. The van der Waals surface area contributed by atoms with Gasteiger partial charge in [0.2, 0.25) is 10.0 Å². The third-order valence-corrected chi connectivity index (χ3v) is 9.54. The molecular weight excluding hydrogens is 574 g/mol. The summed E-state index contributed by atoms with van der Waals surface area (Å²) in [5.41, 5.74) is 0.320. The van der Waals surface area contributed by atoms with Gasteiger partial charge in [0, 0.05) is 6.42 Å². The number of carbonyl (C=O) groups excluding carboxylic acids is 1. The van der Waals surface area contributed by atoms with E-state index in [4.69, 9.17) is 18.9 Å². The molecular formula is C31H41N3O8S. The van der Waals surface area contributed by atoms with Gasteiger partial charge in [0.25, 0.3) is 0 Å². The van der Waals surface area contributed by atoms with Gasteiger partial charge in [-0.15, -0.1) is 0 Å². The summed E-state index contributed by atoms with van der Waals surface area (Å²) in [5, 5.41) is 23.8. The maximum Gasteiger partial charge on any atom is 0.407 e. The summed E-state index contributed by atoms with van der Waals surface area (Å²) >= 11 is 0. The predicted molar refractivity (Wildman–Crippen MR) is 157 cm³/mol. The second-order valence-electron chi connectivity index (χ2n) is 11.8. The van der Waals surface area contributed by atoms with Crippen LogP contribution in [0, 0.1) is 22.7 Å². The summed E-state index contributed by atoms with van der Waals surface area (Å²) in [6.45, 7) is 4.58. The molecule has 2 fully saturated rings. The number of benzene rings is 2. The van der Waals surface area contributed by atoms with Gasteiger partial charge in [0.05, 0.1) is 55.4 Å². The van der Waals surface area contributed by atoms with Crippen LogP contribution in [0.15, 0.2) is 59.5 Å². The minimum absolute atomic E-state index is 0.00174.